The molecule has 0 spiro atoms. The summed E-state index contributed by atoms with van der Waals surface area (Å²) >= 11 is 1.77. The lowest BCUT2D eigenvalue weighted by molar-refractivity contribution is -0.115. The number of benzene rings is 1. The third kappa shape index (κ3) is 3.99. The monoisotopic (exact) mass is 334 g/mol. The maximum absolute atomic E-state index is 12.1. The van der Waals surface area contributed by atoms with E-state index in [9.17, 15) is 9.59 Å². The highest BCUT2D eigenvalue weighted by molar-refractivity contribution is 8.00. The molecule has 0 bridgehead atoms. The Morgan fingerprint density at radius 3 is 2.91 bits per heavy atom. The van der Waals surface area contributed by atoms with Gasteiger partial charge in [-0.1, -0.05) is 0 Å². The van der Waals surface area contributed by atoms with Gasteiger partial charge < -0.3 is 15.0 Å². The van der Waals surface area contributed by atoms with Crippen molar-refractivity contribution in [2.75, 3.05) is 18.4 Å². The van der Waals surface area contributed by atoms with Crippen LogP contribution in [0.5, 0.6) is 0 Å². The zero-order valence-corrected chi connectivity index (χ0v) is 14.5. The number of likely N-dealkylation sites (tertiary alicyclic amines) is 1. The Morgan fingerprint density at radius 2 is 2.17 bits per heavy atom. The lowest BCUT2D eigenvalue weighted by Crippen LogP contribution is -2.35. The third-order valence-corrected chi connectivity index (χ3v) is 5.05. The minimum Gasteiger partial charge on any atom is -0.444 e. The van der Waals surface area contributed by atoms with Crippen molar-refractivity contribution in [3.8, 4) is 0 Å². The highest BCUT2D eigenvalue weighted by Gasteiger charge is 2.30. The summed E-state index contributed by atoms with van der Waals surface area (Å²) in [5.41, 5.74) is 1.52. The van der Waals surface area contributed by atoms with Crippen LogP contribution in [-0.2, 0) is 16.0 Å². The van der Waals surface area contributed by atoms with E-state index >= 15 is 0 Å². The number of anilines is 1. The standard InChI is InChI=1S/C17H22N2O3S/c1-17(2,3)22-16(21)19-7-6-13(10-19)23-12-4-5-14-11(8-12)9-15(20)18-14/h4-5,8,13H,6-7,9-10H2,1-3H3,(H,18,20)/t13-/m1/s1. The molecule has 0 radical (unpaired) electrons. The van der Waals surface area contributed by atoms with Crippen LogP contribution in [0.4, 0.5) is 10.5 Å². The first-order chi connectivity index (χ1) is 10.8. The minimum absolute atomic E-state index is 0.0547. The lowest BCUT2D eigenvalue weighted by Gasteiger charge is -2.24. The summed E-state index contributed by atoms with van der Waals surface area (Å²) in [4.78, 5) is 26.4. The van der Waals surface area contributed by atoms with Gasteiger partial charge in [0.05, 0.1) is 6.42 Å². The molecule has 2 heterocycles. The summed E-state index contributed by atoms with van der Waals surface area (Å²) in [7, 11) is 0. The molecule has 124 valence electrons. The normalized spacial score (nSPS) is 20.4. The summed E-state index contributed by atoms with van der Waals surface area (Å²) in [5.74, 6) is 0.0547. The van der Waals surface area contributed by atoms with Crippen LogP contribution in [0.25, 0.3) is 0 Å². The number of ether oxygens (including phenoxy) is 1. The number of fused-ring (bicyclic) bond motifs is 1. The SMILES string of the molecule is CC(C)(C)OC(=O)N1CC[C@@H](Sc2ccc3c(c2)CC(=O)N3)C1. The van der Waals surface area contributed by atoms with E-state index < -0.39 is 5.60 Å². The fraction of sp³-hybridized carbons (Fsp3) is 0.529. The number of hydrogen-bond acceptors (Lipinski definition) is 4. The average molecular weight is 334 g/mol. The maximum atomic E-state index is 12.1. The number of amides is 2. The highest BCUT2D eigenvalue weighted by Crippen LogP contribution is 2.34. The largest absolute Gasteiger partial charge is 0.444 e. The van der Waals surface area contributed by atoms with Gasteiger partial charge in [-0.15, -0.1) is 11.8 Å². The summed E-state index contributed by atoms with van der Waals surface area (Å²) in [6, 6.07) is 6.07. The molecule has 3 rings (SSSR count). The Kier molecular flexibility index (Phi) is 4.27. The Morgan fingerprint density at radius 1 is 1.39 bits per heavy atom. The second-order valence-electron chi connectivity index (χ2n) is 7.00. The van der Waals surface area contributed by atoms with Crippen LogP contribution in [0.3, 0.4) is 0 Å². The molecule has 1 fully saturated rings. The van der Waals surface area contributed by atoms with Crippen molar-refractivity contribution in [3.05, 3.63) is 23.8 Å². The fourth-order valence-electron chi connectivity index (χ4n) is 2.79. The number of rotatable bonds is 2. The van der Waals surface area contributed by atoms with Gasteiger partial charge in [-0.25, -0.2) is 4.79 Å². The maximum Gasteiger partial charge on any atom is 0.410 e. The molecule has 0 aliphatic carbocycles. The van der Waals surface area contributed by atoms with E-state index in [0.29, 0.717) is 18.2 Å². The van der Waals surface area contributed by atoms with Gasteiger partial charge in [0.15, 0.2) is 0 Å². The number of nitrogens with zero attached hydrogens (tertiary/aromatic N) is 1. The Bertz CT molecular complexity index is 639. The molecule has 5 nitrogen and oxygen atoms in total. The molecule has 0 aromatic heterocycles. The fourth-order valence-corrected chi connectivity index (χ4v) is 4.01. The molecule has 1 aromatic carbocycles. The number of carbonyl (C=O) groups is 2. The number of hydrogen-bond donors (Lipinski definition) is 1. The molecule has 1 saturated heterocycles. The zero-order valence-electron chi connectivity index (χ0n) is 13.7. The van der Waals surface area contributed by atoms with E-state index in [-0.39, 0.29) is 12.0 Å². The van der Waals surface area contributed by atoms with Gasteiger partial charge in [0.25, 0.3) is 0 Å². The highest BCUT2D eigenvalue weighted by atomic mass is 32.2. The van der Waals surface area contributed by atoms with Crippen LogP contribution in [0.1, 0.15) is 32.8 Å². The van der Waals surface area contributed by atoms with Gasteiger partial charge in [0, 0.05) is 28.9 Å². The smallest absolute Gasteiger partial charge is 0.410 e. The molecule has 6 heteroatoms. The van der Waals surface area contributed by atoms with E-state index in [1.165, 1.54) is 0 Å². The van der Waals surface area contributed by atoms with Crippen molar-refractivity contribution >= 4 is 29.4 Å². The van der Waals surface area contributed by atoms with Gasteiger partial charge >= 0.3 is 6.09 Å². The summed E-state index contributed by atoms with van der Waals surface area (Å²) in [6.07, 6.45) is 1.18. The Balaban J connectivity index is 1.57. The predicted octanol–water partition coefficient (Wildman–Crippen LogP) is 3.28. The third-order valence-electron chi connectivity index (χ3n) is 3.80. The van der Waals surface area contributed by atoms with Gasteiger partial charge in [0.2, 0.25) is 5.91 Å². The second-order valence-corrected chi connectivity index (χ2v) is 8.37. The molecule has 1 atom stereocenters. The zero-order chi connectivity index (χ0) is 16.6. The minimum atomic E-state index is -0.457. The summed E-state index contributed by atoms with van der Waals surface area (Å²) in [6.45, 7) is 7.08. The van der Waals surface area contributed by atoms with Crippen molar-refractivity contribution in [2.24, 2.45) is 0 Å². The van der Waals surface area contributed by atoms with Crippen LogP contribution in [0, 0.1) is 0 Å². The molecule has 1 N–H and O–H groups in total. The molecular formula is C17H22N2O3S. The number of thioether (sulfide) groups is 1. The topological polar surface area (TPSA) is 58.6 Å². The van der Waals surface area contributed by atoms with Gasteiger partial charge in [-0.3, -0.25) is 4.79 Å². The molecule has 0 unspecified atom stereocenters. The lowest BCUT2D eigenvalue weighted by atomic mass is 10.2. The molecule has 0 saturated carbocycles. The molecule has 2 aliphatic rings. The first-order valence-electron chi connectivity index (χ1n) is 7.87. The van der Waals surface area contributed by atoms with Crippen LogP contribution < -0.4 is 5.32 Å². The quantitative estimate of drug-likeness (QED) is 0.902. The Labute approximate surface area is 140 Å². The van der Waals surface area contributed by atoms with Crippen molar-refractivity contribution in [1.82, 2.24) is 4.90 Å². The number of carbonyl (C=O) groups excluding carboxylic acids is 2. The van der Waals surface area contributed by atoms with E-state index in [0.717, 1.165) is 29.1 Å². The van der Waals surface area contributed by atoms with Gasteiger partial charge in [-0.2, -0.15) is 0 Å². The van der Waals surface area contributed by atoms with Crippen LogP contribution in [0.15, 0.2) is 23.1 Å². The summed E-state index contributed by atoms with van der Waals surface area (Å²) in [5, 5.41) is 3.21. The molecular weight excluding hydrogens is 312 g/mol. The first-order valence-corrected chi connectivity index (χ1v) is 8.75. The van der Waals surface area contributed by atoms with Gasteiger partial charge in [-0.05, 0) is 51.0 Å². The van der Waals surface area contributed by atoms with E-state index in [2.05, 4.69) is 11.4 Å². The second kappa shape index (κ2) is 6.07. The van der Waals surface area contributed by atoms with E-state index in [4.69, 9.17) is 4.74 Å². The molecule has 2 amide bonds. The van der Waals surface area contributed by atoms with E-state index in [1.807, 2.05) is 32.9 Å². The average Bonchev–Trinajstić information content (AvgIpc) is 3.02. The van der Waals surface area contributed by atoms with Crippen molar-refractivity contribution in [3.63, 3.8) is 0 Å². The molecule has 2 aliphatic heterocycles. The van der Waals surface area contributed by atoms with E-state index in [1.54, 1.807) is 16.7 Å². The first kappa shape index (κ1) is 16.2. The summed E-state index contributed by atoms with van der Waals surface area (Å²) < 4.78 is 5.42. The predicted molar refractivity (Wildman–Crippen MR) is 90.8 cm³/mol. The van der Waals surface area contributed by atoms with Crippen LogP contribution in [0.2, 0.25) is 0 Å². The molecule has 1 aromatic rings. The van der Waals surface area contributed by atoms with Crippen LogP contribution in [-0.4, -0.2) is 40.8 Å². The van der Waals surface area contributed by atoms with Crippen molar-refractivity contribution < 1.29 is 14.3 Å². The Hall–Kier alpha value is -1.69. The van der Waals surface area contributed by atoms with Crippen molar-refractivity contribution in [1.29, 1.82) is 0 Å². The van der Waals surface area contributed by atoms with Crippen molar-refractivity contribution in [2.45, 2.75) is 49.4 Å². The molecule has 23 heavy (non-hydrogen) atoms. The van der Waals surface area contributed by atoms with Gasteiger partial charge in [0.1, 0.15) is 5.60 Å². The van der Waals surface area contributed by atoms with Crippen LogP contribution >= 0.6 is 11.8 Å². The number of nitrogens with one attached hydrogen (secondary N) is 1.